The first-order valence-electron chi connectivity index (χ1n) is 6.02. The number of rotatable bonds is 4. The number of pyridine rings is 1. The van der Waals surface area contributed by atoms with Crippen molar-refractivity contribution in [2.75, 3.05) is 5.32 Å². The molecule has 0 aliphatic rings. The molecule has 0 fully saturated rings. The minimum Gasteiger partial charge on any atom is -0.380 e. The van der Waals surface area contributed by atoms with Gasteiger partial charge in [-0.05, 0) is 36.1 Å². The van der Waals surface area contributed by atoms with E-state index in [9.17, 15) is 0 Å². The largest absolute Gasteiger partial charge is 0.380 e. The first-order valence-corrected chi connectivity index (χ1v) is 6.02. The third-order valence-electron chi connectivity index (χ3n) is 2.86. The maximum absolute atomic E-state index is 4.18. The summed E-state index contributed by atoms with van der Waals surface area (Å²) >= 11 is 0. The Labute approximate surface area is 103 Å². The predicted octanol–water partition coefficient (Wildman–Crippen LogP) is 3.56. The fraction of sp³-hybridized carbons (Fsp3) is 0.267. The van der Waals surface area contributed by atoms with Gasteiger partial charge in [-0.15, -0.1) is 0 Å². The van der Waals surface area contributed by atoms with Gasteiger partial charge in [0.15, 0.2) is 0 Å². The van der Waals surface area contributed by atoms with Crippen LogP contribution in [0.4, 0.5) is 5.69 Å². The van der Waals surface area contributed by atoms with Gasteiger partial charge in [0, 0.05) is 18.9 Å². The molecule has 0 saturated carbocycles. The van der Waals surface area contributed by atoms with E-state index in [1.165, 1.54) is 16.7 Å². The molecule has 0 amide bonds. The van der Waals surface area contributed by atoms with Crippen LogP contribution in [0.15, 0.2) is 42.7 Å². The second kappa shape index (κ2) is 5.48. The number of aromatic nitrogens is 1. The Bertz CT molecular complexity index is 492. The highest BCUT2D eigenvalue weighted by Crippen LogP contribution is 2.13. The highest BCUT2D eigenvalue weighted by atomic mass is 14.9. The van der Waals surface area contributed by atoms with Gasteiger partial charge in [-0.3, -0.25) is 4.98 Å². The number of aryl methyl sites for hydroxylation is 2. The first-order chi connectivity index (χ1) is 8.29. The Morgan fingerprint density at radius 2 is 1.88 bits per heavy atom. The lowest BCUT2D eigenvalue weighted by molar-refractivity contribution is 1.04. The summed E-state index contributed by atoms with van der Waals surface area (Å²) in [6.07, 6.45) is 4.80. The van der Waals surface area contributed by atoms with Crippen molar-refractivity contribution >= 4 is 5.69 Å². The molecule has 1 aromatic heterocycles. The molecule has 0 aliphatic carbocycles. The van der Waals surface area contributed by atoms with Gasteiger partial charge < -0.3 is 5.32 Å². The lowest BCUT2D eigenvalue weighted by Crippen LogP contribution is -2.02. The zero-order valence-corrected chi connectivity index (χ0v) is 10.4. The molecule has 1 aromatic carbocycles. The molecule has 0 unspecified atom stereocenters. The SMILES string of the molecule is CCc1ccccc1CNc1cncc(C)c1. The summed E-state index contributed by atoms with van der Waals surface area (Å²) < 4.78 is 0. The van der Waals surface area contributed by atoms with Gasteiger partial charge in [0.05, 0.1) is 5.69 Å². The topological polar surface area (TPSA) is 24.9 Å². The molecule has 0 aliphatic heterocycles. The molecule has 0 spiro atoms. The molecule has 0 saturated heterocycles. The van der Waals surface area contributed by atoms with Crippen LogP contribution in [0.1, 0.15) is 23.6 Å². The molecule has 0 radical (unpaired) electrons. The van der Waals surface area contributed by atoms with Crippen molar-refractivity contribution < 1.29 is 0 Å². The second-order valence-electron chi connectivity index (χ2n) is 4.23. The molecular weight excluding hydrogens is 208 g/mol. The van der Waals surface area contributed by atoms with Crippen LogP contribution < -0.4 is 5.32 Å². The number of nitrogens with one attached hydrogen (secondary N) is 1. The van der Waals surface area contributed by atoms with Crippen molar-refractivity contribution in [3.63, 3.8) is 0 Å². The average molecular weight is 226 g/mol. The predicted molar refractivity (Wildman–Crippen MR) is 72.1 cm³/mol. The van der Waals surface area contributed by atoms with Crippen molar-refractivity contribution in [2.45, 2.75) is 26.8 Å². The van der Waals surface area contributed by atoms with Crippen molar-refractivity contribution in [1.82, 2.24) is 4.98 Å². The van der Waals surface area contributed by atoms with Crippen molar-refractivity contribution in [1.29, 1.82) is 0 Å². The Balaban J connectivity index is 2.07. The van der Waals surface area contributed by atoms with E-state index >= 15 is 0 Å². The van der Waals surface area contributed by atoms with E-state index in [-0.39, 0.29) is 0 Å². The molecular formula is C15H18N2. The summed E-state index contributed by atoms with van der Waals surface area (Å²) in [5, 5.41) is 3.41. The lowest BCUT2D eigenvalue weighted by Gasteiger charge is -2.10. The fourth-order valence-corrected chi connectivity index (χ4v) is 1.92. The number of hydrogen-bond acceptors (Lipinski definition) is 2. The van der Waals surface area contributed by atoms with E-state index in [2.05, 4.69) is 54.5 Å². The van der Waals surface area contributed by atoms with Crippen molar-refractivity contribution in [3.8, 4) is 0 Å². The van der Waals surface area contributed by atoms with Crippen molar-refractivity contribution in [3.05, 3.63) is 59.4 Å². The van der Waals surface area contributed by atoms with E-state index in [4.69, 9.17) is 0 Å². The monoisotopic (exact) mass is 226 g/mol. The summed E-state index contributed by atoms with van der Waals surface area (Å²) in [7, 11) is 0. The van der Waals surface area contributed by atoms with Crippen LogP contribution in [0.25, 0.3) is 0 Å². The standard InChI is InChI=1S/C15H18N2/c1-3-13-6-4-5-7-14(13)10-17-15-8-12(2)9-16-11-15/h4-9,11,17H,3,10H2,1-2H3. The molecule has 2 aromatic rings. The molecule has 88 valence electrons. The van der Waals surface area contributed by atoms with Gasteiger partial charge >= 0.3 is 0 Å². The number of anilines is 1. The number of hydrogen-bond donors (Lipinski definition) is 1. The normalized spacial score (nSPS) is 10.2. The second-order valence-corrected chi connectivity index (χ2v) is 4.23. The lowest BCUT2D eigenvalue weighted by atomic mass is 10.1. The van der Waals surface area contributed by atoms with Gasteiger partial charge in [0.25, 0.3) is 0 Å². The van der Waals surface area contributed by atoms with E-state index in [1.807, 2.05) is 12.4 Å². The third-order valence-corrected chi connectivity index (χ3v) is 2.86. The van der Waals surface area contributed by atoms with Gasteiger partial charge in [0.1, 0.15) is 0 Å². The van der Waals surface area contributed by atoms with Crippen LogP contribution in [-0.2, 0) is 13.0 Å². The molecule has 17 heavy (non-hydrogen) atoms. The third kappa shape index (κ3) is 3.06. The molecule has 0 atom stereocenters. The Morgan fingerprint density at radius 1 is 1.12 bits per heavy atom. The first kappa shape index (κ1) is 11.6. The summed E-state index contributed by atoms with van der Waals surface area (Å²) in [6.45, 7) is 5.10. The van der Waals surface area contributed by atoms with Crippen LogP contribution in [0, 0.1) is 6.92 Å². The Kier molecular flexibility index (Phi) is 3.76. The zero-order chi connectivity index (χ0) is 12.1. The maximum atomic E-state index is 4.18. The van der Waals surface area contributed by atoms with Crippen LogP contribution in [0.2, 0.25) is 0 Å². The van der Waals surface area contributed by atoms with Gasteiger partial charge in [-0.2, -0.15) is 0 Å². The quantitative estimate of drug-likeness (QED) is 0.862. The average Bonchev–Trinajstić information content (AvgIpc) is 2.37. The molecule has 2 nitrogen and oxygen atoms in total. The highest BCUT2D eigenvalue weighted by Gasteiger charge is 1.99. The van der Waals surface area contributed by atoms with Gasteiger partial charge in [0.2, 0.25) is 0 Å². The number of benzene rings is 1. The molecule has 2 heteroatoms. The van der Waals surface area contributed by atoms with Crippen LogP contribution in [-0.4, -0.2) is 4.98 Å². The van der Waals surface area contributed by atoms with E-state index in [0.29, 0.717) is 0 Å². The molecule has 1 heterocycles. The maximum Gasteiger partial charge on any atom is 0.0532 e. The minimum absolute atomic E-state index is 0.856. The zero-order valence-electron chi connectivity index (χ0n) is 10.4. The number of nitrogens with zero attached hydrogens (tertiary/aromatic N) is 1. The molecule has 1 N–H and O–H groups in total. The van der Waals surface area contributed by atoms with E-state index < -0.39 is 0 Å². The Hall–Kier alpha value is -1.83. The van der Waals surface area contributed by atoms with E-state index in [0.717, 1.165) is 18.7 Å². The van der Waals surface area contributed by atoms with E-state index in [1.54, 1.807) is 0 Å². The smallest absolute Gasteiger partial charge is 0.0532 e. The van der Waals surface area contributed by atoms with Crippen LogP contribution in [0.5, 0.6) is 0 Å². The molecule has 0 bridgehead atoms. The van der Waals surface area contributed by atoms with Crippen LogP contribution >= 0.6 is 0 Å². The van der Waals surface area contributed by atoms with Crippen molar-refractivity contribution in [2.24, 2.45) is 0 Å². The van der Waals surface area contributed by atoms with Gasteiger partial charge in [-0.1, -0.05) is 31.2 Å². The summed E-state index contributed by atoms with van der Waals surface area (Å²) in [5.41, 5.74) is 5.02. The van der Waals surface area contributed by atoms with Gasteiger partial charge in [-0.25, -0.2) is 0 Å². The summed E-state index contributed by atoms with van der Waals surface area (Å²) in [6, 6.07) is 10.7. The Morgan fingerprint density at radius 3 is 2.59 bits per heavy atom. The highest BCUT2D eigenvalue weighted by molar-refractivity contribution is 5.43. The fourth-order valence-electron chi connectivity index (χ4n) is 1.92. The summed E-state index contributed by atoms with van der Waals surface area (Å²) in [5.74, 6) is 0. The molecule has 2 rings (SSSR count). The van der Waals surface area contributed by atoms with Crippen LogP contribution in [0.3, 0.4) is 0 Å². The summed E-state index contributed by atoms with van der Waals surface area (Å²) in [4.78, 5) is 4.18. The minimum atomic E-state index is 0.856.